The van der Waals surface area contributed by atoms with Gasteiger partial charge in [-0.2, -0.15) is 0 Å². The molecule has 1 aliphatic heterocycles. The number of amides is 1. The van der Waals surface area contributed by atoms with Crippen molar-refractivity contribution in [1.82, 2.24) is 10.2 Å². The molecule has 1 amide bonds. The van der Waals surface area contributed by atoms with E-state index in [0.29, 0.717) is 19.5 Å². The van der Waals surface area contributed by atoms with Crippen LogP contribution in [0.4, 0.5) is 4.79 Å². The fourth-order valence-corrected chi connectivity index (χ4v) is 2.95. The largest absolute Gasteiger partial charge is 0.464 e. The first-order valence-electron chi connectivity index (χ1n) is 8.69. The number of rotatable bonds is 5. The quantitative estimate of drug-likeness (QED) is 0.829. The van der Waals surface area contributed by atoms with Crippen LogP contribution in [0.15, 0.2) is 30.3 Å². The van der Waals surface area contributed by atoms with Crippen LogP contribution in [0.1, 0.15) is 39.7 Å². The van der Waals surface area contributed by atoms with Crippen molar-refractivity contribution in [3.8, 4) is 0 Å². The number of ether oxygens (including phenoxy) is 2. The van der Waals surface area contributed by atoms with E-state index in [-0.39, 0.29) is 6.61 Å². The molecule has 1 aromatic rings. The Balaban J connectivity index is 2.09. The van der Waals surface area contributed by atoms with Crippen molar-refractivity contribution in [2.45, 2.75) is 51.8 Å². The predicted octanol–water partition coefficient (Wildman–Crippen LogP) is 2.72. The highest BCUT2D eigenvalue weighted by molar-refractivity contribution is 5.86. The third kappa shape index (κ3) is 5.46. The molecule has 0 radical (unpaired) electrons. The average molecular weight is 348 g/mol. The summed E-state index contributed by atoms with van der Waals surface area (Å²) in [5, 5.41) is 2.77. The lowest BCUT2D eigenvalue weighted by molar-refractivity contribution is -0.150. The molecule has 1 atom stereocenters. The molecule has 6 heteroatoms. The maximum atomic E-state index is 12.5. The lowest BCUT2D eigenvalue weighted by Crippen LogP contribution is -2.57. The SMILES string of the molecule is CCOC(=O)C1(NC(=O)OC(C)(C)C)CCN(Cc2ccccc2)C1. The van der Waals surface area contributed by atoms with Gasteiger partial charge in [-0.3, -0.25) is 4.90 Å². The molecule has 0 spiro atoms. The summed E-state index contributed by atoms with van der Waals surface area (Å²) < 4.78 is 10.6. The Bertz CT molecular complexity index is 597. The van der Waals surface area contributed by atoms with Gasteiger partial charge in [-0.1, -0.05) is 30.3 Å². The standard InChI is InChI=1S/C19H28N2O4/c1-5-24-16(22)19(20-17(23)25-18(2,3)4)11-12-21(14-19)13-15-9-7-6-8-10-15/h6-10H,5,11-14H2,1-4H3,(H,20,23). The van der Waals surface area contributed by atoms with E-state index in [1.54, 1.807) is 27.7 Å². The number of nitrogens with zero attached hydrogens (tertiary/aromatic N) is 1. The van der Waals surface area contributed by atoms with Gasteiger partial charge in [0.15, 0.2) is 5.54 Å². The van der Waals surface area contributed by atoms with E-state index in [1.165, 1.54) is 5.56 Å². The average Bonchev–Trinajstić information content (AvgIpc) is 2.90. The summed E-state index contributed by atoms with van der Waals surface area (Å²) in [4.78, 5) is 26.9. The number of hydrogen-bond acceptors (Lipinski definition) is 5. The molecule has 1 aromatic carbocycles. The molecule has 1 saturated heterocycles. The van der Waals surface area contributed by atoms with E-state index in [0.717, 1.165) is 6.54 Å². The van der Waals surface area contributed by atoms with Gasteiger partial charge in [0.2, 0.25) is 0 Å². The zero-order chi connectivity index (χ0) is 18.5. The van der Waals surface area contributed by atoms with Crippen molar-refractivity contribution < 1.29 is 19.1 Å². The van der Waals surface area contributed by atoms with E-state index >= 15 is 0 Å². The van der Waals surface area contributed by atoms with E-state index in [2.05, 4.69) is 10.2 Å². The van der Waals surface area contributed by atoms with Gasteiger partial charge in [0.1, 0.15) is 5.60 Å². The van der Waals surface area contributed by atoms with Gasteiger partial charge < -0.3 is 14.8 Å². The number of likely N-dealkylation sites (tertiary alicyclic amines) is 1. The van der Waals surface area contributed by atoms with E-state index in [4.69, 9.17) is 9.47 Å². The fraction of sp³-hybridized carbons (Fsp3) is 0.579. The molecule has 1 heterocycles. The molecule has 1 aliphatic rings. The lowest BCUT2D eigenvalue weighted by atomic mass is 9.99. The molecule has 138 valence electrons. The van der Waals surface area contributed by atoms with Crippen LogP contribution in [-0.4, -0.2) is 47.8 Å². The van der Waals surface area contributed by atoms with Crippen LogP contribution in [0.3, 0.4) is 0 Å². The first kappa shape index (κ1) is 19.2. The van der Waals surface area contributed by atoms with E-state index < -0.39 is 23.2 Å². The van der Waals surface area contributed by atoms with Crippen molar-refractivity contribution in [1.29, 1.82) is 0 Å². The van der Waals surface area contributed by atoms with Crippen LogP contribution < -0.4 is 5.32 Å². The molecule has 0 aromatic heterocycles. The van der Waals surface area contributed by atoms with Crippen molar-refractivity contribution in [2.24, 2.45) is 0 Å². The van der Waals surface area contributed by atoms with Gasteiger partial charge >= 0.3 is 12.1 Å². The maximum Gasteiger partial charge on any atom is 0.408 e. The second-order valence-corrected chi connectivity index (χ2v) is 7.38. The first-order valence-corrected chi connectivity index (χ1v) is 8.69. The summed E-state index contributed by atoms with van der Waals surface area (Å²) in [5.74, 6) is -0.406. The van der Waals surface area contributed by atoms with Crippen LogP contribution in [0.25, 0.3) is 0 Å². The summed E-state index contributed by atoms with van der Waals surface area (Å²) in [6.45, 7) is 9.23. The Morgan fingerprint density at radius 1 is 1.24 bits per heavy atom. The molecule has 1 fully saturated rings. The molecular weight excluding hydrogens is 320 g/mol. The minimum atomic E-state index is -1.06. The van der Waals surface area contributed by atoms with Gasteiger partial charge in [-0.15, -0.1) is 0 Å². The molecule has 0 aliphatic carbocycles. The monoisotopic (exact) mass is 348 g/mol. The van der Waals surface area contributed by atoms with Crippen LogP contribution in [0, 0.1) is 0 Å². The van der Waals surface area contributed by atoms with Crippen molar-refractivity contribution >= 4 is 12.1 Å². The van der Waals surface area contributed by atoms with E-state index in [9.17, 15) is 9.59 Å². The third-order valence-corrected chi connectivity index (χ3v) is 4.00. The predicted molar refractivity (Wildman–Crippen MR) is 95.1 cm³/mol. The minimum Gasteiger partial charge on any atom is -0.464 e. The Hall–Kier alpha value is -2.08. The molecule has 1 N–H and O–H groups in total. The Morgan fingerprint density at radius 3 is 2.52 bits per heavy atom. The Morgan fingerprint density at radius 2 is 1.92 bits per heavy atom. The fourth-order valence-electron chi connectivity index (χ4n) is 2.95. The molecule has 0 bridgehead atoms. The first-order chi connectivity index (χ1) is 11.7. The van der Waals surface area contributed by atoms with Crippen LogP contribution >= 0.6 is 0 Å². The Kier molecular flexibility index (Phi) is 6.06. The zero-order valence-electron chi connectivity index (χ0n) is 15.5. The number of carbonyl (C=O) groups is 2. The van der Waals surface area contributed by atoms with Gasteiger partial charge in [0.25, 0.3) is 0 Å². The number of benzene rings is 1. The van der Waals surface area contributed by atoms with E-state index in [1.807, 2.05) is 30.3 Å². The van der Waals surface area contributed by atoms with Crippen molar-refractivity contribution in [2.75, 3.05) is 19.7 Å². The number of nitrogens with one attached hydrogen (secondary N) is 1. The third-order valence-electron chi connectivity index (χ3n) is 4.00. The second-order valence-electron chi connectivity index (χ2n) is 7.38. The molecule has 25 heavy (non-hydrogen) atoms. The van der Waals surface area contributed by atoms with Crippen LogP contribution in [0.5, 0.6) is 0 Å². The van der Waals surface area contributed by atoms with Gasteiger partial charge in [-0.05, 0) is 39.7 Å². The lowest BCUT2D eigenvalue weighted by Gasteiger charge is -2.30. The number of alkyl carbamates (subject to hydrolysis) is 1. The second kappa shape index (κ2) is 7.87. The number of carbonyl (C=O) groups excluding carboxylic acids is 2. The normalized spacial score (nSPS) is 21.0. The topological polar surface area (TPSA) is 67.9 Å². The summed E-state index contributed by atoms with van der Waals surface area (Å²) in [6.07, 6.45) is -0.0973. The zero-order valence-corrected chi connectivity index (χ0v) is 15.5. The molecule has 0 saturated carbocycles. The molecule has 6 nitrogen and oxygen atoms in total. The summed E-state index contributed by atoms with van der Waals surface area (Å²) in [7, 11) is 0. The number of hydrogen-bond donors (Lipinski definition) is 1. The molecule has 2 rings (SSSR count). The maximum absolute atomic E-state index is 12.5. The molecule has 1 unspecified atom stereocenters. The van der Waals surface area contributed by atoms with Gasteiger partial charge in [0, 0.05) is 19.6 Å². The van der Waals surface area contributed by atoms with Crippen LogP contribution in [0.2, 0.25) is 0 Å². The summed E-state index contributed by atoms with van der Waals surface area (Å²) in [5.41, 5.74) is -0.519. The number of esters is 1. The summed E-state index contributed by atoms with van der Waals surface area (Å²) >= 11 is 0. The van der Waals surface area contributed by atoms with Crippen molar-refractivity contribution in [3.63, 3.8) is 0 Å². The smallest absolute Gasteiger partial charge is 0.408 e. The van der Waals surface area contributed by atoms with Crippen molar-refractivity contribution in [3.05, 3.63) is 35.9 Å². The minimum absolute atomic E-state index is 0.273. The molecular formula is C19H28N2O4. The summed E-state index contributed by atoms with van der Waals surface area (Å²) in [6, 6.07) is 10.0. The van der Waals surface area contributed by atoms with Gasteiger partial charge in [0.05, 0.1) is 6.61 Å². The highest BCUT2D eigenvalue weighted by atomic mass is 16.6. The highest BCUT2D eigenvalue weighted by Crippen LogP contribution is 2.25. The van der Waals surface area contributed by atoms with Crippen LogP contribution in [-0.2, 0) is 20.8 Å². The highest BCUT2D eigenvalue weighted by Gasteiger charge is 2.47. The Labute approximate surface area is 149 Å². The van der Waals surface area contributed by atoms with Gasteiger partial charge in [-0.25, -0.2) is 9.59 Å².